The quantitative estimate of drug-likeness (QED) is 0.792. The molecule has 0 spiro atoms. The van der Waals surface area contributed by atoms with E-state index in [0.717, 1.165) is 31.9 Å². The van der Waals surface area contributed by atoms with E-state index < -0.39 is 0 Å². The first-order valence-electron chi connectivity index (χ1n) is 6.46. The number of H-pyrrole nitrogens is 1. The monoisotopic (exact) mass is 236 g/mol. The van der Waals surface area contributed by atoms with Gasteiger partial charge in [0.25, 0.3) is 0 Å². The van der Waals surface area contributed by atoms with Crippen LogP contribution in [0.25, 0.3) is 0 Å². The zero-order valence-corrected chi connectivity index (χ0v) is 10.1. The molecule has 2 aliphatic rings. The first-order valence-corrected chi connectivity index (χ1v) is 6.46. The average Bonchev–Trinajstić information content (AvgIpc) is 2.98. The Bertz CT molecular complexity index is 340. The fraction of sp³-hybridized carbons (Fsp3) is 0.750. The lowest BCUT2D eigenvalue weighted by Gasteiger charge is -2.35. The topological polar surface area (TPSA) is 53.2 Å². The molecule has 5 heteroatoms. The number of fused-ring (bicyclic) bond motifs is 1. The van der Waals surface area contributed by atoms with Crippen LogP contribution in [0.4, 0.5) is 0 Å². The first-order chi connectivity index (χ1) is 8.42. The Morgan fingerprint density at radius 2 is 2.59 bits per heavy atom. The van der Waals surface area contributed by atoms with Crippen LogP contribution in [0.2, 0.25) is 0 Å². The highest BCUT2D eigenvalue weighted by Gasteiger charge is 2.31. The van der Waals surface area contributed by atoms with Gasteiger partial charge in [0.05, 0.1) is 12.7 Å². The van der Waals surface area contributed by atoms with E-state index >= 15 is 0 Å². The van der Waals surface area contributed by atoms with Crippen molar-refractivity contribution >= 4 is 0 Å². The van der Waals surface area contributed by atoms with Gasteiger partial charge in [-0.25, -0.2) is 0 Å². The molecule has 0 saturated carbocycles. The van der Waals surface area contributed by atoms with Crippen molar-refractivity contribution < 1.29 is 4.74 Å². The minimum atomic E-state index is 0.340. The number of rotatable bonds is 4. The predicted octanol–water partition coefficient (Wildman–Crippen LogP) is 0.362. The Kier molecular flexibility index (Phi) is 3.40. The fourth-order valence-corrected chi connectivity index (χ4v) is 2.76. The van der Waals surface area contributed by atoms with E-state index in [2.05, 4.69) is 20.4 Å². The lowest BCUT2D eigenvalue weighted by atomic mass is 10.2. The summed E-state index contributed by atoms with van der Waals surface area (Å²) in [5.74, 6) is 0. The molecule has 2 saturated heterocycles. The summed E-state index contributed by atoms with van der Waals surface area (Å²) < 4.78 is 5.88. The summed E-state index contributed by atoms with van der Waals surface area (Å²) in [4.78, 5) is 2.58. The summed E-state index contributed by atoms with van der Waals surface area (Å²) in [6.45, 7) is 5.01. The summed E-state index contributed by atoms with van der Waals surface area (Å²) in [5.41, 5.74) is 1.12. The lowest BCUT2D eigenvalue weighted by Crippen LogP contribution is -2.49. The lowest BCUT2D eigenvalue weighted by molar-refractivity contribution is -0.0470. The van der Waals surface area contributed by atoms with Crippen LogP contribution in [-0.2, 0) is 11.3 Å². The normalized spacial score (nSPS) is 29.4. The number of hydrogen-bond donors (Lipinski definition) is 2. The van der Waals surface area contributed by atoms with Gasteiger partial charge < -0.3 is 10.1 Å². The minimum absolute atomic E-state index is 0.340. The molecule has 2 N–H and O–H groups in total. The van der Waals surface area contributed by atoms with Crippen molar-refractivity contribution in [3.8, 4) is 0 Å². The molecule has 0 amide bonds. The number of aromatic amines is 1. The van der Waals surface area contributed by atoms with Gasteiger partial charge in [-0.2, -0.15) is 5.10 Å². The molecule has 0 aliphatic carbocycles. The van der Waals surface area contributed by atoms with Crippen LogP contribution in [0.5, 0.6) is 0 Å². The molecule has 3 rings (SSSR count). The zero-order valence-electron chi connectivity index (χ0n) is 10.1. The first kappa shape index (κ1) is 11.2. The Balaban J connectivity index is 1.40. The van der Waals surface area contributed by atoms with Gasteiger partial charge in [-0.3, -0.25) is 10.00 Å². The standard InChI is InChI=1S/C12H20N4O/c1-2-11-9-17-12(8-16(11)5-1)7-13-6-10-3-4-14-15-10/h3-4,11-13H,1-2,5-9H2,(H,14,15). The number of hydrogen-bond acceptors (Lipinski definition) is 4. The Morgan fingerprint density at radius 1 is 1.59 bits per heavy atom. The third-order valence-electron chi connectivity index (χ3n) is 3.71. The predicted molar refractivity (Wildman–Crippen MR) is 64.6 cm³/mol. The van der Waals surface area contributed by atoms with Crippen LogP contribution in [0.3, 0.4) is 0 Å². The molecule has 0 bridgehead atoms. The van der Waals surface area contributed by atoms with Crippen molar-refractivity contribution in [3.05, 3.63) is 18.0 Å². The molecule has 94 valence electrons. The van der Waals surface area contributed by atoms with Crippen molar-refractivity contribution in [2.24, 2.45) is 0 Å². The molecular formula is C12H20N4O. The van der Waals surface area contributed by atoms with Crippen molar-refractivity contribution in [2.75, 3.05) is 26.2 Å². The molecule has 0 aromatic carbocycles. The van der Waals surface area contributed by atoms with E-state index in [4.69, 9.17) is 4.74 Å². The molecular weight excluding hydrogens is 216 g/mol. The summed E-state index contributed by atoms with van der Waals surface area (Å²) in [7, 11) is 0. The van der Waals surface area contributed by atoms with Crippen LogP contribution in [-0.4, -0.2) is 53.5 Å². The highest BCUT2D eigenvalue weighted by Crippen LogP contribution is 2.22. The highest BCUT2D eigenvalue weighted by molar-refractivity contribution is 4.96. The summed E-state index contributed by atoms with van der Waals surface area (Å²) >= 11 is 0. The van der Waals surface area contributed by atoms with Crippen molar-refractivity contribution in [3.63, 3.8) is 0 Å². The summed E-state index contributed by atoms with van der Waals surface area (Å²) in [5, 5.41) is 10.3. The highest BCUT2D eigenvalue weighted by atomic mass is 16.5. The minimum Gasteiger partial charge on any atom is -0.374 e. The van der Waals surface area contributed by atoms with Crippen LogP contribution in [0.1, 0.15) is 18.5 Å². The third-order valence-corrected chi connectivity index (χ3v) is 3.71. The van der Waals surface area contributed by atoms with Crippen LogP contribution in [0, 0.1) is 0 Å². The Labute approximate surface area is 102 Å². The molecule has 1 aromatic heterocycles. The largest absolute Gasteiger partial charge is 0.374 e. The molecule has 0 radical (unpaired) electrons. The van der Waals surface area contributed by atoms with Gasteiger partial charge in [0.1, 0.15) is 0 Å². The number of nitrogens with one attached hydrogen (secondary N) is 2. The Morgan fingerprint density at radius 3 is 3.47 bits per heavy atom. The molecule has 3 heterocycles. The SMILES string of the molecule is c1cc(CNCC2CN3CCCC3CO2)[nH]n1. The van der Waals surface area contributed by atoms with E-state index in [1.54, 1.807) is 6.20 Å². The van der Waals surface area contributed by atoms with Crippen LogP contribution in [0.15, 0.2) is 12.3 Å². The van der Waals surface area contributed by atoms with E-state index in [1.807, 2.05) is 6.07 Å². The van der Waals surface area contributed by atoms with E-state index in [-0.39, 0.29) is 0 Å². The van der Waals surface area contributed by atoms with Gasteiger partial charge in [0.2, 0.25) is 0 Å². The van der Waals surface area contributed by atoms with Gasteiger partial charge >= 0.3 is 0 Å². The maximum absolute atomic E-state index is 5.88. The zero-order chi connectivity index (χ0) is 11.5. The maximum atomic E-state index is 5.88. The molecule has 2 aliphatic heterocycles. The molecule has 17 heavy (non-hydrogen) atoms. The number of aromatic nitrogens is 2. The van der Waals surface area contributed by atoms with Gasteiger partial charge in [-0.05, 0) is 25.5 Å². The van der Waals surface area contributed by atoms with Gasteiger partial charge in [-0.1, -0.05) is 0 Å². The number of morpholine rings is 1. The van der Waals surface area contributed by atoms with E-state index in [1.165, 1.54) is 19.4 Å². The number of ether oxygens (including phenoxy) is 1. The third kappa shape index (κ3) is 2.68. The molecule has 2 unspecified atom stereocenters. The fourth-order valence-electron chi connectivity index (χ4n) is 2.76. The second kappa shape index (κ2) is 5.16. The summed E-state index contributed by atoms with van der Waals surface area (Å²) in [6.07, 6.45) is 4.77. The Hall–Kier alpha value is -0.910. The van der Waals surface area contributed by atoms with Crippen LogP contribution >= 0.6 is 0 Å². The molecule has 2 atom stereocenters. The summed E-state index contributed by atoms with van der Waals surface area (Å²) in [6, 6.07) is 2.68. The molecule has 2 fully saturated rings. The number of nitrogens with zero attached hydrogens (tertiary/aromatic N) is 2. The molecule has 5 nitrogen and oxygen atoms in total. The van der Waals surface area contributed by atoms with E-state index in [0.29, 0.717) is 12.1 Å². The van der Waals surface area contributed by atoms with Gasteiger partial charge in [0, 0.05) is 37.6 Å². The van der Waals surface area contributed by atoms with Crippen molar-refractivity contribution in [1.29, 1.82) is 0 Å². The van der Waals surface area contributed by atoms with Crippen molar-refractivity contribution in [2.45, 2.75) is 31.5 Å². The average molecular weight is 236 g/mol. The second-order valence-corrected chi connectivity index (χ2v) is 4.96. The van der Waals surface area contributed by atoms with E-state index in [9.17, 15) is 0 Å². The molecule has 1 aromatic rings. The van der Waals surface area contributed by atoms with Crippen molar-refractivity contribution in [1.82, 2.24) is 20.4 Å². The second-order valence-electron chi connectivity index (χ2n) is 4.96. The van der Waals surface area contributed by atoms with Gasteiger partial charge in [-0.15, -0.1) is 0 Å². The maximum Gasteiger partial charge on any atom is 0.0827 e. The smallest absolute Gasteiger partial charge is 0.0827 e. The van der Waals surface area contributed by atoms with Crippen LogP contribution < -0.4 is 5.32 Å². The van der Waals surface area contributed by atoms with Gasteiger partial charge in [0.15, 0.2) is 0 Å².